The van der Waals surface area contributed by atoms with Crippen LogP contribution in [0, 0.1) is 5.41 Å². The van der Waals surface area contributed by atoms with Crippen LogP contribution in [-0.2, 0) is 11.2 Å². The van der Waals surface area contributed by atoms with Gasteiger partial charge >= 0.3 is 0 Å². The average molecular weight is 435 g/mol. The maximum absolute atomic E-state index is 13.3. The van der Waals surface area contributed by atoms with Crippen LogP contribution in [0.25, 0.3) is 10.4 Å². The lowest BCUT2D eigenvalue weighted by molar-refractivity contribution is -0.142. The Morgan fingerprint density at radius 2 is 1.97 bits per heavy atom. The maximum atomic E-state index is 13.3. The molecule has 7 heteroatoms. The van der Waals surface area contributed by atoms with Crippen molar-refractivity contribution in [2.45, 2.75) is 19.3 Å². The molecule has 0 bridgehead atoms. The Kier molecular flexibility index (Phi) is 6.13. The normalized spacial score (nSPS) is 18.6. The minimum Gasteiger partial charge on any atom is -0.348 e. The van der Waals surface area contributed by atoms with Crippen LogP contribution in [0.3, 0.4) is 0 Å². The Bertz CT molecular complexity index is 1040. The number of carbonyl (C=O) groups excluding carboxylic acids is 2. The lowest BCUT2D eigenvalue weighted by Crippen LogP contribution is -2.54. The maximum Gasteiger partial charge on any atom is 0.274 e. The van der Waals surface area contributed by atoms with Crippen LogP contribution in [0.5, 0.6) is 0 Å². The van der Waals surface area contributed by atoms with Crippen molar-refractivity contribution in [1.29, 1.82) is 0 Å². The van der Waals surface area contributed by atoms with Crippen molar-refractivity contribution in [3.63, 3.8) is 0 Å². The lowest BCUT2D eigenvalue weighted by atomic mass is 9.73. The first kappa shape index (κ1) is 21.2. The van der Waals surface area contributed by atoms with Crippen LogP contribution in [0.1, 0.15) is 28.9 Å². The van der Waals surface area contributed by atoms with Crippen molar-refractivity contribution >= 4 is 23.2 Å². The Balaban J connectivity index is 1.59. The van der Waals surface area contributed by atoms with E-state index in [0.717, 1.165) is 18.4 Å². The van der Waals surface area contributed by atoms with Crippen LogP contribution in [-0.4, -0.2) is 58.8 Å². The molecule has 0 N–H and O–H groups in total. The molecule has 160 valence electrons. The van der Waals surface area contributed by atoms with Crippen LogP contribution in [0.2, 0.25) is 0 Å². The number of piperidine rings is 1. The van der Waals surface area contributed by atoms with Gasteiger partial charge < -0.3 is 9.80 Å². The van der Waals surface area contributed by atoms with E-state index in [0.29, 0.717) is 25.2 Å². The highest BCUT2D eigenvalue weighted by Crippen LogP contribution is 2.36. The van der Waals surface area contributed by atoms with Crippen molar-refractivity contribution in [3.05, 3.63) is 71.6 Å². The molecule has 1 fully saturated rings. The van der Waals surface area contributed by atoms with Gasteiger partial charge in [-0.05, 0) is 41.8 Å². The van der Waals surface area contributed by atoms with E-state index < -0.39 is 5.41 Å². The Morgan fingerprint density at radius 1 is 1.16 bits per heavy atom. The average Bonchev–Trinajstić information content (AvgIpc) is 3.34. The molecule has 31 heavy (non-hydrogen) atoms. The van der Waals surface area contributed by atoms with Crippen molar-refractivity contribution in [2.24, 2.45) is 5.41 Å². The van der Waals surface area contributed by atoms with Gasteiger partial charge in [-0.15, -0.1) is 11.3 Å². The standard InChI is InChI=1S/C24H26N4O2S/c1-27(2)23(30)24(15-18-6-8-19(9-7-18)21-5-3-14-31-21)10-4-13-28(17-24)22(29)20-16-25-11-12-26-20/h3,5-9,11-12,14,16H,4,10,13,15,17H2,1-2H3. The Labute approximate surface area is 186 Å². The van der Waals surface area contributed by atoms with Gasteiger partial charge in [-0.25, -0.2) is 4.98 Å². The third-order valence-corrected chi connectivity index (χ3v) is 6.73. The van der Waals surface area contributed by atoms with Crippen LogP contribution < -0.4 is 0 Å². The summed E-state index contributed by atoms with van der Waals surface area (Å²) in [7, 11) is 3.57. The van der Waals surface area contributed by atoms with E-state index in [2.05, 4.69) is 45.7 Å². The molecule has 2 amide bonds. The summed E-state index contributed by atoms with van der Waals surface area (Å²) in [5.74, 6) is -0.108. The summed E-state index contributed by atoms with van der Waals surface area (Å²) in [6.45, 7) is 1.00. The summed E-state index contributed by atoms with van der Waals surface area (Å²) >= 11 is 1.71. The molecule has 3 heterocycles. The van der Waals surface area contributed by atoms with Crippen molar-refractivity contribution in [2.75, 3.05) is 27.2 Å². The number of benzene rings is 1. The zero-order valence-corrected chi connectivity index (χ0v) is 18.6. The lowest BCUT2D eigenvalue weighted by Gasteiger charge is -2.43. The molecule has 0 spiro atoms. The summed E-state index contributed by atoms with van der Waals surface area (Å²) in [6, 6.07) is 12.6. The highest BCUT2D eigenvalue weighted by molar-refractivity contribution is 7.13. The number of carbonyl (C=O) groups is 2. The van der Waals surface area contributed by atoms with Gasteiger partial charge in [0.2, 0.25) is 5.91 Å². The zero-order valence-electron chi connectivity index (χ0n) is 17.8. The van der Waals surface area contributed by atoms with E-state index in [-0.39, 0.29) is 11.8 Å². The first-order chi connectivity index (χ1) is 15.0. The summed E-state index contributed by atoms with van der Waals surface area (Å²) in [6.07, 6.45) is 6.67. The Hall–Kier alpha value is -3.06. The third-order valence-electron chi connectivity index (χ3n) is 5.81. The highest BCUT2D eigenvalue weighted by Gasteiger charge is 2.44. The number of hydrogen-bond donors (Lipinski definition) is 0. The van der Waals surface area contributed by atoms with E-state index in [1.54, 1.807) is 41.4 Å². The molecular weight excluding hydrogens is 408 g/mol. The van der Waals surface area contributed by atoms with Gasteiger partial charge in [0.1, 0.15) is 5.69 Å². The topological polar surface area (TPSA) is 66.4 Å². The smallest absolute Gasteiger partial charge is 0.274 e. The molecule has 1 aliphatic heterocycles. The molecular formula is C24H26N4O2S. The first-order valence-electron chi connectivity index (χ1n) is 10.4. The van der Waals surface area contributed by atoms with Gasteiger partial charge in [0.15, 0.2) is 0 Å². The zero-order chi connectivity index (χ0) is 21.8. The van der Waals surface area contributed by atoms with Gasteiger partial charge in [-0.2, -0.15) is 0 Å². The fraction of sp³-hybridized carbons (Fsp3) is 0.333. The Morgan fingerprint density at radius 3 is 2.61 bits per heavy atom. The number of hydrogen-bond acceptors (Lipinski definition) is 5. The minimum absolute atomic E-state index is 0.0616. The monoisotopic (exact) mass is 434 g/mol. The molecule has 0 radical (unpaired) electrons. The number of rotatable bonds is 5. The molecule has 4 rings (SSSR count). The highest BCUT2D eigenvalue weighted by atomic mass is 32.1. The largest absolute Gasteiger partial charge is 0.348 e. The van der Waals surface area contributed by atoms with E-state index in [1.807, 2.05) is 6.07 Å². The predicted octanol–water partition coefficient (Wildman–Crippen LogP) is 3.76. The van der Waals surface area contributed by atoms with Crippen LogP contribution in [0.15, 0.2) is 60.4 Å². The van der Waals surface area contributed by atoms with E-state index >= 15 is 0 Å². The molecule has 1 unspecified atom stereocenters. The molecule has 6 nitrogen and oxygen atoms in total. The minimum atomic E-state index is -0.649. The third kappa shape index (κ3) is 4.51. The van der Waals surface area contributed by atoms with Crippen LogP contribution >= 0.6 is 11.3 Å². The van der Waals surface area contributed by atoms with Crippen molar-refractivity contribution < 1.29 is 9.59 Å². The quantitative estimate of drug-likeness (QED) is 0.613. The summed E-state index contributed by atoms with van der Waals surface area (Å²) in [5, 5.41) is 2.07. The molecule has 3 aromatic rings. The summed E-state index contributed by atoms with van der Waals surface area (Å²) < 4.78 is 0. The first-order valence-corrected chi connectivity index (χ1v) is 11.3. The number of thiophene rings is 1. The second-order valence-corrected chi connectivity index (χ2v) is 9.20. The summed E-state index contributed by atoms with van der Waals surface area (Å²) in [5.41, 5.74) is 1.94. The van der Waals surface area contributed by atoms with Gasteiger partial charge in [-0.1, -0.05) is 30.3 Å². The fourth-order valence-corrected chi connectivity index (χ4v) is 5.10. The van der Waals surface area contributed by atoms with E-state index in [9.17, 15) is 9.59 Å². The number of amides is 2. The van der Waals surface area contributed by atoms with Crippen molar-refractivity contribution in [3.8, 4) is 10.4 Å². The molecule has 1 saturated heterocycles. The van der Waals surface area contributed by atoms with Gasteiger partial charge in [0.25, 0.3) is 5.91 Å². The SMILES string of the molecule is CN(C)C(=O)C1(Cc2ccc(-c3cccs3)cc2)CCCN(C(=O)c2cnccn2)C1. The van der Waals surface area contributed by atoms with Crippen molar-refractivity contribution in [1.82, 2.24) is 19.8 Å². The second kappa shape index (κ2) is 8.98. The fourth-order valence-electron chi connectivity index (χ4n) is 4.37. The molecule has 1 aliphatic rings. The van der Waals surface area contributed by atoms with E-state index in [4.69, 9.17) is 0 Å². The molecule has 1 atom stereocenters. The predicted molar refractivity (Wildman–Crippen MR) is 122 cm³/mol. The number of aromatic nitrogens is 2. The summed E-state index contributed by atoms with van der Waals surface area (Å²) in [4.78, 5) is 39.2. The second-order valence-electron chi connectivity index (χ2n) is 8.25. The van der Waals surface area contributed by atoms with Gasteiger partial charge in [-0.3, -0.25) is 14.6 Å². The van der Waals surface area contributed by atoms with Gasteiger partial charge in [0.05, 0.1) is 11.6 Å². The van der Waals surface area contributed by atoms with Crippen LogP contribution in [0.4, 0.5) is 0 Å². The van der Waals surface area contributed by atoms with Gasteiger partial charge in [0, 0.05) is 44.5 Å². The number of likely N-dealkylation sites (tertiary alicyclic amines) is 1. The molecule has 2 aromatic heterocycles. The van der Waals surface area contributed by atoms with E-state index in [1.165, 1.54) is 22.8 Å². The molecule has 0 aliphatic carbocycles. The molecule has 0 saturated carbocycles. The molecule has 1 aromatic carbocycles. The number of nitrogens with zero attached hydrogens (tertiary/aromatic N) is 4.